The maximum absolute atomic E-state index is 13.7. The van der Waals surface area contributed by atoms with E-state index in [-0.39, 0.29) is 12.4 Å². The summed E-state index contributed by atoms with van der Waals surface area (Å²) in [7, 11) is -3.96. The molecule has 126 valence electrons. The number of hydrogen-bond donors (Lipinski definition) is 1. The van der Waals surface area contributed by atoms with Crippen LogP contribution >= 0.6 is 12.4 Å². The van der Waals surface area contributed by atoms with Gasteiger partial charge in [0.25, 0.3) is 0 Å². The molecule has 0 amide bonds. The predicted molar refractivity (Wildman–Crippen MR) is 83.6 cm³/mol. The lowest BCUT2D eigenvalue weighted by molar-refractivity contribution is 0.268. The zero-order valence-electron chi connectivity index (χ0n) is 12.4. The summed E-state index contributed by atoms with van der Waals surface area (Å²) in [6.07, 6.45) is 1.45. The third-order valence-electron chi connectivity index (χ3n) is 3.77. The number of nitrogens with one attached hydrogen (secondary N) is 1. The van der Waals surface area contributed by atoms with Gasteiger partial charge >= 0.3 is 0 Å². The Kier molecular flexibility index (Phi) is 7.18. The van der Waals surface area contributed by atoms with Crippen LogP contribution in [0.4, 0.5) is 8.78 Å². The van der Waals surface area contributed by atoms with Gasteiger partial charge < -0.3 is 5.32 Å². The number of rotatable bonds is 5. The molecule has 0 bridgehead atoms. The number of halogens is 3. The molecule has 0 spiro atoms. The standard InChI is InChI=1S/C14H20F2N2O2S.ClH/c1-2-17-10-11-5-7-18(8-6-11)21(19,20)14-9-12(15)3-4-13(14)16;/h3-4,9,11,17H,2,5-8,10H2,1H3;1H. The summed E-state index contributed by atoms with van der Waals surface area (Å²) < 4.78 is 52.9. The van der Waals surface area contributed by atoms with Crippen LogP contribution in [0, 0.1) is 17.6 Å². The van der Waals surface area contributed by atoms with E-state index < -0.39 is 26.6 Å². The Morgan fingerprint density at radius 3 is 2.50 bits per heavy atom. The molecule has 8 heteroatoms. The smallest absolute Gasteiger partial charge is 0.246 e. The molecule has 2 rings (SSSR count). The lowest BCUT2D eigenvalue weighted by Gasteiger charge is -2.31. The van der Waals surface area contributed by atoms with Crippen molar-refractivity contribution in [3.05, 3.63) is 29.8 Å². The highest BCUT2D eigenvalue weighted by Crippen LogP contribution is 2.25. The lowest BCUT2D eigenvalue weighted by Crippen LogP contribution is -2.41. The zero-order chi connectivity index (χ0) is 15.5. The fourth-order valence-corrected chi connectivity index (χ4v) is 4.06. The summed E-state index contributed by atoms with van der Waals surface area (Å²) in [4.78, 5) is -0.576. The molecule has 0 unspecified atom stereocenters. The molecular formula is C14H21ClF2N2O2S. The molecule has 1 fully saturated rings. The van der Waals surface area contributed by atoms with Gasteiger partial charge in [-0.1, -0.05) is 6.92 Å². The van der Waals surface area contributed by atoms with Gasteiger partial charge in [0.1, 0.15) is 16.5 Å². The minimum atomic E-state index is -3.96. The van der Waals surface area contributed by atoms with E-state index in [0.29, 0.717) is 19.0 Å². The van der Waals surface area contributed by atoms with E-state index in [9.17, 15) is 17.2 Å². The van der Waals surface area contributed by atoms with Gasteiger partial charge in [0.2, 0.25) is 10.0 Å². The second kappa shape index (κ2) is 8.19. The van der Waals surface area contributed by atoms with Gasteiger partial charge in [-0.3, -0.25) is 0 Å². The highest BCUT2D eigenvalue weighted by atomic mass is 35.5. The molecule has 1 N–H and O–H groups in total. The van der Waals surface area contributed by atoms with Gasteiger partial charge in [-0.15, -0.1) is 12.4 Å². The molecule has 1 aliphatic heterocycles. The van der Waals surface area contributed by atoms with Crippen molar-refractivity contribution in [3.8, 4) is 0 Å². The maximum Gasteiger partial charge on any atom is 0.246 e. The molecule has 0 aromatic heterocycles. The van der Waals surface area contributed by atoms with Crippen molar-refractivity contribution in [1.82, 2.24) is 9.62 Å². The van der Waals surface area contributed by atoms with E-state index in [1.807, 2.05) is 6.92 Å². The molecule has 1 aromatic carbocycles. The molecule has 4 nitrogen and oxygen atoms in total. The fourth-order valence-electron chi connectivity index (χ4n) is 2.52. The minimum Gasteiger partial charge on any atom is -0.317 e. The molecule has 0 saturated carbocycles. The molecular weight excluding hydrogens is 334 g/mol. The van der Waals surface area contributed by atoms with Crippen LogP contribution in [0.25, 0.3) is 0 Å². The number of benzene rings is 1. The Hall–Kier alpha value is -0.760. The van der Waals surface area contributed by atoms with Gasteiger partial charge in [0.05, 0.1) is 0 Å². The number of nitrogens with zero attached hydrogens (tertiary/aromatic N) is 1. The van der Waals surface area contributed by atoms with E-state index in [4.69, 9.17) is 0 Å². The third kappa shape index (κ3) is 4.38. The third-order valence-corrected chi connectivity index (χ3v) is 5.68. The molecule has 1 aliphatic rings. The van der Waals surface area contributed by atoms with Crippen molar-refractivity contribution in [3.63, 3.8) is 0 Å². The SMILES string of the molecule is CCNCC1CCN(S(=O)(=O)c2cc(F)ccc2F)CC1.Cl. The molecule has 22 heavy (non-hydrogen) atoms. The highest BCUT2D eigenvalue weighted by Gasteiger charge is 2.31. The number of hydrogen-bond acceptors (Lipinski definition) is 3. The average molecular weight is 355 g/mol. The van der Waals surface area contributed by atoms with Crippen molar-refractivity contribution in [2.75, 3.05) is 26.2 Å². The number of piperidine rings is 1. The Labute approximate surface area is 136 Å². The Balaban J connectivity index is 0.00000242. The first kappa shape index (κ1) is 19.3. The van der Waals surface area contributed by atoms with E-state index >= 15 is 0 Å². The van der Waals surface area contributed by atoms with Crippen LogP contribution in [-0.4, -0.2) is 38.9 Å². The molecule has 0 radical (unpaired) electrons. The molecule has 1 saturated heterocycles. The summed E-state index contributed by atoms with van der Waals surface area (Å²) in [5, 5.41) is 3.24. The second-order valence-corrected chi connectivity index (χ2v) is 7.14. The van der Waals surface area contributed by atoms with Crippen LogP contribution in [0.15, 0.2) is 23.1 Å². The van der Waals surface area contributed by atoms with Crippen molar-refractivity contribution in [2.24, 2.45) is 5.92 Å². The van der Waals surface area contributed by atoms with Crippen molar-refractivity contribution >= 4 is 22.4 Å². The Morgan fingerprint density at radius 2 is 1.91 bits per heavy atom. The predicted octanol–water partition coefficient (Wildman–Crippen LogP) is 2.40. The minimum absolute atomic E-state index is 0. The van der Waals surface area contributed by atoms with Crippen LogP contribution in [0.5, 0.6) is 0 Å². The van der Waals surface area contributed by atoms with Crippen LogP contribution in [0.1, 0.15) is 19.8 Å². The molecule has 1 heterocycles. The van der Waals surface area contributed by atoms with Crippen LogP contribution < -0.4 is 5.32 Å². The first-order valence-electron chi connectivity index (χ1n) is 7.11. The van der Waals surface area contributed by atoms with Crippen molar-refractivity contribution < 1.29 is 17.2 Å². The topological polar surface area (TPSA) is 49.4 Å². The van der Waals surface area contributed by atoms with Gasteiger partial charge in [0, 0.05) is 13.1 Å². The lowest BCUT2D eigenvalue weighted by atomic mass is 9.98. The first-order chi connectivity index (χ1) is 9.95. The van der Waals surface area contributed by atoms with E-state index in [1.54, 1.807) is 0 Å². The summed E-state index contributed by atoms with van der Waals surface area (Å²) in [5.41, 5.74) is 0. The normalized spacial score (nSPS) is 17.2. The average Bonchev–Trinajstić information content (AvgIpc) is 2.48. The number of sulfonamides is 1. The van der Waals surface area contributed by atoms with Crippen LogP contribution in [-0.2, 0) is 10.0 Å². The van der Waals surface area contributed by atoms with E-state index in [2.05, 4.69) is 5.32 Å². The summed E-state index contributed by atoms with van der Waals surface area (Å²) in [6.45, 7) is 4.45. The maximum atomic E-state index is 13.7. The fraction of sp³-hybridized carbons (Fsp3) is 0.571. The van der Waals surface area contributed by atoms with E-state index in [0.717, 1.165) is 44.1 Å². The highest BCUT2D eigenvalue weighted by molar-refractivity contribution is 7.89. The van der Waals surface area contributed by atoms with E-state index in [1.165, 1.54) is 4.31 Å². The monoisotopic (exact) mass is 354 g/mol. The molecule has 1 aromatic rings. The summed E-state index contributed by atoms with van der Waals surface area (Å²) in [6, 6.07) is 2.51. The molecule has 0 atom stereocenters. The summed E-state index contributed by atoms with van der Waals surface area (Å²) in [5.74, 6) is -1.24. The van der Waals surface area contributed by atoms with Gasteiger partial charge in [-0.25, -0.2) is 17.2 Å². The molecule has 0 aliphatic carbocycles. The Morgan fingerprint density at radius 1 is 1.27 bits per heavy atom. The van der Waals surface area contributed by atoms with Crippen molar-refractivity contribution in [1.29, 1.82) is 0 Å². The first-order valence-corrected chi connectivity index (χ1v) is 8.55. The van der Waals surface area contributed by atoms with Crippen molar-refractivity contribution in [2.45, 2.75) is 24.7 Å². The second-order valence-electron chi connectivity index (χ2n) is 5.23. The van der Waals surface area contributed by atoms with Crippen LogP contribution in [0.3, 0.4) is 0 Å². The van der Waals surface area contributed by atoms with Gasteiger partial charge in [-0.2, -0.15) is 4.31 Å². The largest absolute Gasteiger partial charge is 0.317 e. The van der Waals surface area contributed by atoms with Gasteiger partial charge in [-0.05, 0) is 50.0 Å². The zero-order valence-corrected chi connectivity index (χ0v) is 14.0. The quantitative estimate of drug-likeness (QED) is 0.883. The van der Waals surface area contributed by atoms with Gasteiger partial charge in [0.15, 0.2) is 0 Å². The summed E-state index contributed by atoms with van der Waals surface area (Å²) >= 11 is 0. The van der Waals surface area contributed by atoms with Crippen LogP contribution in [0.2, 0.25) is 0 Å². The Bertz CT molecular complexity index is 591.